The summed E-state index contributed by atoms with van der Waals surface area (Å²) in [5, 5.41) is 0. The van der Waals surface area contributed by atoms with Crippen molar-refractivity contribution in [1.29, 1.82) is 0 Å². The van der Waals surface area contributed by atoms with E-state index in [0.717, 1.165) is 0 Å². The van der Waals surface area contributed by atoms with Gasteiger partial charge in [0.05, 0.1) is 5.69 Å². The van der Waals surface area contributed by atoms with Gasteiger partial charge in [-0.15, -0.1) is 0 Å². The molecule has 0 bridgehead atoms. The zero-order valence-corrected chi connectivity index (χ0v) is 8.46. The van der Waals surface area contributed by atoms with Crippen molar-refractivity contribution < 1.29 is 0 Å². The van der Waals surface area contributed by atoms with E-state index in [-0.39, 0.29) is 11.2 Å². The van der Waals surface area contributed by atoms with Crippen LogP contribution in [0.2, 0.25) is 0 Å². The summed E-state index contributed by atoms with van der Waals surface area (Å²) in [6.45, 7) is 0. The molecular formula is C11H18N2O. The smallest absolute Gasteiger partial charge is 0.271 e. The van der Waals surface area contributed by atoms with E-state index in [1.54, 1.807) is 18.3 Å². The fraction of sp³-hybridized carbons (Fsp3) is 0.545. The molecule has 0 saturated heterocycles. The highest BCUT2D eigenvalue weighted by Crippen LogP contribution is 2.15. The number of hydrogen-bond donors (Lipinski definition) is 2. The third-order valence-corrected chi connectivity index (χ3v) is 2.35. The van der Waals surface area contributed by atoms with Gasteiger partial charge < -0.3 is 10.7 Å². The molecule has 0 aromatic carbocycles. The Morgan fingerprint density at radius 1 is 1.07 bits per heavy atom. The van der Waals surface area contributed by atoms with Gasteiger partial charge in [0.15, 0.2) is 0 Å². The number of anilines is 1. The molecule has 1 fully saturated rings. The molecule has 1 heterocycles. The summed E-state index contributed by atoms with van der Waals surface area (Å²) in [4.78, 5) is 12.9. The molecule has 0 atom stereocenters. The van der Waals surface area contributed by atoms with Gasteiger partial charge in [0.25, 0.3) is 5.56 Å². The van der Waals surface area contributed by atoms with Crippen molar-refractivity contribution in [2.75, 3.05) is 5.73 Å². The summed E-state index contributed by atoms with van der Waals surface area (Å²) in [6.07, 6.45) is 10.5. The minimum atomic E-state index is -0.229. The van der Waals surface area contributed by atoms with Crippen molar-refractivity contribution in [3.05, 3.63) is 28.7 Å². The van der Waals surface area contributed by atoms with E-state index in [4.69, 9.17) is 5.73 Å². The normalized spacial score (nSPS) is 15.4. The number of hydrogen-bond acceptors (Lipinski definition) is 2. The van der Waals surface area contributed by atoms with Crippen LogP contribution in [0.5, 0.6) is 0 Å². The van der Waals surface area contributed by atoms with Gasteiger partial charge >= 0.3 is 0 Å². The Labute approximate surface area is 84.3 Å². The molecule has 0 unspecified atom stereocenters. The zero-order valence-electron chi connectivity index (χ0n) is 8.46. The maximum atomic E-state index is 10.4. The van der Waals surface area contributed by atoms with Crippen molar-refractivity contribution in [3.8, 4) is 0 Å². The highest BCUT2D eigenvalue weighted by molar-refractivity contribution is 5.32. The highest BCUT2D eigenvalue weighted by Gasteiger charge is 1.95. The van der Waals surface area contributed by atoms with E-state index >= 15 is 0 Å². The largest absolute Gasteiger partial charge is 0.394 e. The molecule has 1 saturated carbocycles. The van der Waals surface area contributed by atoms with Crippen molar-refractivity contribution in [2.45, 2.75) is 38.5 Å². The van der Waals surface area contributed by atoms with Crippen LogP contribution in [0.4, 0.5) is 5.69 Å². The summed E-state index contributed by atoms with van der Waals surface area (Å²) in [7, 11) is 0. The van der Waals surface area contributed by atoms with Crippen LogP contribution >= 0.6 is 0 Å². The molecule has 1 aromatic heterocycles. The lowest BCUT2D eigenvalue weighted by Crippen LogP contribution is -2.08. The lowest BCUT2D eigenvalue weighted by Gasteiger charge is -2.05. The van der Waals surface area contributed by atoms with E-state index < -0.39 is 0 Å². The van der Waals surface area contributed by atoms with Crippen LogP contribution in [0.25, 0.3) is 0 Å². The van der Waals surface area contributed by atoms with Crippen LogP contribution in [-0.4, -0.2) is 4.98 Å². The number of nitrogen functional groups attached to an aromatic ring is 1. The molecule has 0 aliphatic heterocycles. The van der Waals surface area contributed by atoms with Crippen molar-refractivity contribution >= 4 is 5.69 Å². The van der Waals surface area contributed by atoms with Gasteiger partial charge in [-0.25, -0.2) is 0 Å². The lowest BCUT2D eigenvalue weighted by atomic mass is 10.0. The second kappa shape index (κ2) is 6.24. The molecule has 2 rings (SSSR count). The van der Waals surface area contributed by atoms with E-state index in [1.807, 2.05) is 0 Å². The molecule has 3 nitrogen and oxygen atoms in total. The van der Waals surface area contributed by atoms with Crippen molar-refractivity contribution in [2.24, 2.45) is 0 Å². The number of nitrogens with two attached hydrogens (primary N) is 1. The Morgan fingerprint density at radius 2 is 1.57 bits per heavy atom. The molecule has 0 amide bonds. The van der Waals surface area contributed by atoms with Gasteiger partial charge in [-0.2, -0.15) is 0 Å². The molecule has 14 heavy (non-hydrogen) atoms. The quantitative estimate of drug-likeness (QED) is 0.665. The fourth-order valence-corrected chi connectivity index (χ4v) is 1.50. The number of H-pyrrole nitrogens is 1. The van der Waals surface area contributed by atoms with Gasteiger partial charge in [-0.1, -0.05) is 38.5 Å². The third-order valence-electron chi connectivity index (χ3n) is 2.35. The second-order valence-electron chi connectivity index (χ2n) is 3.58. The van der Waals surface area contributed by atoms with Gasteiger partial charge in [0, 0.05) is 6.20 Å². The molecule has 0 radical (unpaired) electrons. The van der Waals surface area contributed by atoms with Gasteiger partial charge in [0.2, 0.25) is 0 Å². The summed E-state index contributed by atoms with van der Waals surface area (Å²) >= 11 is 0. The van der Waals surface area contributed by atoms with Crippen LogP contribution in [0.15, 0.2) is 23.1 Å². The minimum Gasteiger partial charge on any atom is -0.394 e. The SMILES string of the molecule is C1CCCCC1.Nc1ccc[nH]c1=O. The van der Waals surface area contributed by atoms with Crippen LogP contribution in [0, 0.1) is 0 Å². The Bertz CT molecular complexity index is 291. The number of aromatic amines is 1. The summed E-state index contributed by atoms with van der Waals surface area (Å²) in [5.41, 5.74) is 5.20. The number of nitrogens with one attached hydrogen (secondary N) is 1. The fourth-order valence-electron chi connectivity index (χ4n) is 1.50. The number of rotatable bonds is 0. The molecule has 1 aliphatic carbocycles. The zero-order chi connectivity index (χ0) is 10.2. The van der Waals surface area contributed by atoms with E-state index in [1.165, 1.54) is 38.5 Å². The Balaban J connectivity index is 0.000000146. The molecule has 78 valence electrons. The molecular weight excluding hydrogens is 176 g/mol. The first-order chi connectivity index (χ1) is 6.80. The Hall–Kier alpha value is -1.25. The molecule has 1 aromatic rings. The first kappa shape index (κ1) is 10.8. The predicted molar refractivity (Wildman–Crippen MR) is 59.2 cm³/mol. The van der Waals surface area contributed by atoms with Crippen LogP contribution in [0.3, 0.4) is 0 Å². The van der Waals surface area contributed by atoms with Gasteiger partial charge in [-0.3, -0.25) is 4.79 Å². The Morgan fingerprint density at radius 3 is 1.86 bits per heavy atom. The number of pyridine rings is 1. The number of aromatic nitrogens is 1. The minimum absolute atomic E-state index is 0.229. The maximum absolute atomic E-state index is 10.4. The standard InChI is InChI=1S/C6H12.C5H6N2O/c1-2-4-6-5-3-1;6-4-2-1-3-7-5(4)8/h1-6H2;1-3H,6H2,(H,7,8). The monoisotopic (exact) mass is 194 g/mol. The van der Waals surface area contributed by atoms with Crippen molar-refractivity contribution in [3.63, 3.8) is 0 Å². The van der Waals surface area contributed by atoms with Crippen LogP contribution < -0.4 is 11.3 Å². The highest BCUT2D eigenvalue weighted by atomic mass is 16.1. The topological polar surface area (TPSA) is 58.9 Å². The first-order valence-electron chi connectivity index (χ1n) is 5.24. The summed E-state index contributed by atoms with van der Waals surface area (Å²) < 4.78 is 0. The van der Waals surface area contributed by atoms with Gasteiger partial charge in [0.1, 0.15) is 0 Å². The average Bonchev–Trinajstić information content (AvgIpc) is 2.26. The van der Waals surface area contributed by atoms with E-state index in [2.05, 4.69) is 4.98 Å². The van der Waals surface area contributed by atoms with Crippen molar-refractivity contribution in [1.82, 2.24) is 4.98 Å². The molecule has 3 N–H and O–H groups in total. The molecule has 3 heteroatoms. The predicted octanol–water partition coefficient (Wildman–Crippen LogP) is 2.30. The third kappa shape index (κ3) is 4.12. The Kier molecular flexibility index (Phi) is 4.83. The maximum Gasteiger partial charge on any atom is 0.271 e. The average molecular weight is 194 g/mol. The molecule has 1 aliphatic rings. The van der Waals surface area contributed by atoms with E-state index in [0.29, 0.717) is 0 Å². The second-order valence-corrected chi connectivity index (χ2v) is 3.58. The van der Waals surface area contributed by atoms with Crippen LogP contribution in [0.1, 0.15) is 38.5 Å². The van der Waals surface area contributed by atoms with Gasteiger partial charge in [-0.05, 0) is 12.1 Å². The molecule has 0 spiro atoms. The first-order valence-corrected chi connectivity index (χ1v) is 5.24. The summed E-state index contributed by atoms with van der Waals surface area (Å²) in [5.74, 6) is 0. The van der Waals surface area contributed by atoms with E-state index in [9.17, 15) is 4.79 Å². The van der Waals surface area contributed by atoms with Crippen LogP contribution in [-0.2, 0) is 0 Å². The summed E-state index contributed by atoms with van der Waals surface area (Å²) in [6, 6.07) is 3.23. The lowest BCUT2D eigenvalue weighted by molar-refractivity contribution is 0.504.